The van der Waals surface area contributed by atoms with Crippen LogP contribution in [0.1, 0.15) is 11.1 Å². The number of amides is 1. The normalized spacial score (nSPS) is 10.7. The summed E-state index contributed by atoms with van der Waals surface area (Å²) in [4.78, 5) is 11.6. The maximum atomic E-state index is 12.7. The first-order valence-corrected chi connectivity index (χ1v) is 5.99. The van der Waals surface area contributed by atoms with Crippen LogP contribution in [0.2, 0.25) is 0 Å². The van der Waals surface area contributed by atoms with Crippen molar-refractivity contribution in [1.29, 1.82) is 0 Å². The van der Waals surface area contributed by atoms with Gasteiger partial charge in [0.1, 0.15) is 11.6 Å². The number of carbonyl (C=O) groups excluding carboxylic acids is 1. The Balaban J connectivity index is 1.89. The smallest absolute Gasteiger partial charge is 0.244 e. The number of para-hydroxylation sites is 1. The number of hydrogen-bond donors (Lipinski definition) is 2. The topological polar surface area (TPSA) is 61.7 Å². The van der Waals surface area contributed by atoms with Crippen LogP contribution in [0.25, 0.3) is 0 Å². The van der Waals surface area contributed by atoms with Crippen LogP contribution in [0.3, 0.4) is 0 Å². The third-order valence-corrected chi connectivity index (χ3v) is 2.61. The highest BCUT2D eigenvalue weighted by Crippen LogP contribution is 2.12. The molecule has 5 heteroatoms. The van der Waals surface area contributed by atoms with Gasteiger partial charge in [0, 0.05) is 5.56 Å². The zero-order chi connectivity index (χ0) is 14.4. The van der Waals surface area contributed by atoms with Crippen molar-refractivity contribution in [2.24, 2.45) is 5.10 Å². The maximum Gasteiger partial charge on any atom is 0.244 e. The third kappa shape index (κ3) is 3.91. The van der Waals surface area contributed by atoms with Crippen molar-refractivity contribution in [3.8, 4) is 5.75 Å². The van der Waals surface area contributed by atoms with E-state index in [0.717, 1.165) is 0 Å². The summed E-state index contributed by atoms with van der Waals surface area (Å²) >= 11 is 0. The van der Waals surface area contributed by atoms with Crippen LogP contribution in [0.4, 0.5) is 4.39 Å². The molecule has 1 amide bonds. The van der Waals surface area contributed by atoms with Gasteiger partial charge in [-0.05, 0) is 29.8 Å². The van der Waals surface area contributed by atoms with Crippen LogP contribution in [0, 0.1) is 5.82 Å². The summed E-state index contributed by atoms with van der Waals surface area (Å²) in [7, 11) is 0. The highest BCUT2D eigenvalue weighted by Gasteiger charge is 2.02. The van der Waals surface area contributed by atoms with Crippen molar-refractivity contribution in [3.63, 3.8) is 0 Å². The Morgan fingerprint density at radius 3 is 2.60 bits per heavy atom. The second-order valence-corrected chi connectivity index (χ2v) is 4.16. The lowest BCUT2D eigenvalue weighted by molar-refractivity contribution is -0.120. The van der Waals surface area contributed by atoms with E-state index in [9.17, 15) is 14.3 Å². The Morgan fingerprint density at radius 2 is 1.90 bits per heavy atom. The van der Waals surface area contributed by atoms with E-state index in [2.05, 4.69) is 10.5 Å². The molecule has 0 aliphatic rings. The molecule has 20 heavy (non-hydrogen) atoms. The SMILES string of the molecule is O=C(Cc1ccc(F)cc1)N/N=C\c1ccccc1O. The van der Waals surface area contributed by atoms with E-state index in [4.69, 9.17) is 0 Å². The van der Waals surface area contributed by atoms with E-state index < -0.39 is 0 Å². The number of hydrazone groups is 1. The zero-order valence-corrected chi connectivity index (χ0v) is 10.6. The molecule has 0 saturated carbocycles. The molecule has 0 saturated heterocycles. The zero-order valence-electron chi connectivity index (χ0n) is 10.6. The van der Waals surface area contributed by atoms with E-state index in [1.165, 1.54) is 24.4 Å². The van der Waals surface area contributed by atoms with E-state index in [-0.39, 0.29) is 23.9 Å². The average Bonchev–Trinajstić information content (AvgIpc) is 2.43. The van der Waals surface area contributed by atoms with Crippen molar-refractivity contribution in [3.05, 3.63) is 65.5 Å². The molecule has 2 rings (SSSR count). The quantitative estimate of drug-likeness (QED) is 0.662. The lowest BCUT2D eigenvalue weighted by Gasteiger charge is -2.01. The summed E-state index contributed by atoms with van der Waals surface area (Å²) in [5, 5.41) is 13.3. The average molecular weight is 272 g/mol. The number of carbonyl (C=O) groups is 1. The van der Waals surface area contributed by atoms with Gasteiger partial charge in [0.25, 0.3) is 0 Å². The maximum absolute atomic E-state index is 12.7. The molecular weight excluding hydrogens is 259 g/mol. The molecule has 0 spiro atoms. The van der Waals surface area contributed by atoms with Gasteiger partial charge in [-0.15, -0.1) is 0 Å². The number of halogens is 1. The minimum Gasteiger partial charge on any atom is -0.507 e. The Labute approximate surface area is 115 Å². The molecule has 4 nitrogen and oxygen atoms in total. The van der Waals surface area contributed by atoms with Gasteiger partial charge in [-0.3, -0.25) is 4.79 Å². The molecule has 0 fully saturated rings. The summed E-state index contributed by atoms with van der Waals surface area (Å²) in [5.41, 5.74) is 3.55. The van der Waals surface area contributed by atoms with E-state index in [1.54, 1.807) is 30.3 Å². The molecule has 0 unspecified atom stereocenters. The van der Waals surface area contributed by atoms with Crippen molar-refractivity contribution < 1.29 is 14.3 Å². The van der Waals surface area contributed by atoms with Crippen LogP contribution in [-0.2, 0) is 11.2 Å². The summed E-state index contributed by atoms with van der Waals surface area (Å²) < 4.78 is 12.7. The van der Waals surface area contributed by atoms with Crippen LogP contribution in [-0.4, -0.2) is 17.2 Å². The summed E-state index contributed by atoms with van der Waals surface area (Å²) in [6.45, 7) is 0. The number of phenolic OH excluding ortho intramolecular Hbond substituents is 1. The Hall–Kier alpha value is -2.69. The highest BCUT2D eigenvalue weighted by atomic mass is 19.1. The highest BCUT2D eigenvalue weighted by molar-refractivity contribution is 5.85. The minimum atomic E-state index is -0.341. The van der Waals surface area contributed by atoms with Gasteiger partial charge in [-0.25, -0.2) is 9.82 Å². The molecule has 0 aliphatic heterocycles. The summed E-state index contributed by atoms with van der Waals surface area (Å²) in [6.07, 6.45) is 1.47. The second kappa shape index (κ2) is 6.47. The number of hydrogen-bond acceptors (Lipinski definition) is 3. The molecule has 0 atom stereocenters. The van der Waals surface area contributed by atoms with Gasteiger partial charge in [0.2, 0.25) is 5.91 Å². The fourth-order valence-electron chi connectivity index (χ4n) is 1.60. The monoisotopic (exact) mass is 272 g/mol. The van der Waals surface area contributed by atoms with Gasteiger partial charge < -0.3 is 5.11 Å². The van der Waals surface area contributed by atoms with Gasteiger partial charge in [-0.2, -0.15) is 5.10 Å². The van der Waals surface area contributed by atoms with Crippen molar-refractivity contribution in [2.75, 3.05) is 0 Å². The lowest BCUT2D eigenvalue weighted by Crippen LogP contribution is -2.19. The van der Waals surface area contributed by atoms with E-state index >= 15 is 0 Å². The van der Waals surface area contributed by atoms with Gasteiger partial charge >= 0.3 is 0 Å². The number of aromatic hydroxyl groups is 1. The molecule has 2 N–H and O–H groups in total. The largest absolute Gasteiger partial charge is 0.507 e. The molecule has 2 aromatic carbocycles. The molecule has 0 aliphatic carbocycles. The summed E-state index contributed by atoms with van der Waals surface area (Å²) in [6, 6.07) is 12.3. The van der Waals surface area contributed by atoms with Gasteiger partial charge in [0.05, 0.1) is 12.6 Å². The Bertz CT molecular complexity index is 624. The number of phenols is 1. The molecular formula is C15H13FN2O2. The fraction of sp³-hybridized carbons (Fsp3) is 0.0667. The van der Waals surface area contributed by atoms with Crippen LogP contribution >= 0.6 is 0 Å². The first kappa shape index (κ1) is 13.7. The molecule has 0 heterocycles. The van der Waals surface area contributed by atoms with Gasteiger partial charge in [0.15, 0.2) is 0 Å². The van der Waals surface area contributed by atoms with Crippen LogP contribution < -0.4 is 5.43 Å². The second-order valence-electron chi connectivity index (χ2n) is 4.16. The predicted octanol–water partition coefficient (Wildman–Crippen LogP) is 2.22. The summed E-state index contributed by atoms with van der Waals surface area (Å²) in [5.74, 6) is -0.570. The standard InChI is InChI=1S/C15H13FN2O2/c16-13-7-5-11(6-8-13)9-15(20)18-17-10-12-3-1-2-4-14(12)19/h1-8,10,19H,9H2,(H,18,20)/b17-10-. The number of rotatable bonds is 4. The van der Waals surface area contributed by atoms with E-state index in [0.29, 0.717) is 11.1 Å². The van der Waals surface area contributed by atoms with E-state index in [1.807, 2.05) is 0 Å². The Kier molecular flexibility index (Phi) is 4.44. The van der Waals surface area contributed by atoms with Crippen molar-refractivity contribution in [2.45, 2.75) is 6.42 Å². The van der Waals surface area contributed by atoms with Gasteiger partial charge in [-0.1, -0.05) is 24.3 Å². The first-order chi connectivity index (χ1) is 9.65. The third-order valence-electron chi connectivity index (χ3n) is 2.61. The molecule has 2 aromatic rings. The van der Waals surface area contributed by atoms with Crippen molar-refractivity contribution in [1.82, 2.24) is 5.43 Å². The minimum absolute atomic E-state index is 0.0871. The molecule has 102 valence electrons. The molecule has 0 radical (unpaired) electrons. The number of nitrogens with zero attached hydrogens (tertiary/aromatic N) is 1. The van der Waals surface area contributed by atoms with Crippen LogP contribution in [0.5, 0.6) is 5.75 Å². The van der Waals surface area contributed by atoms with Crippen molar-refractivity contribution >= 4 is 12.1 Å². The molecule has 0 aromatic heterocycles. The predicted molar refractivity (Wildman–Crippen MR) is 73.9 cm³/mol. The fourth-order valence-corrected chi connectivity index (χ4v) is 1.60. The number of benzene rings is 2. The first-order valence-electron chi connectivity index (χ1n) is 5.99. The number of nitrogens with one attached hydrogen (secondary N) is 1. The lowest BCUT2D eigenvalue weighted by atomic mass is 10.1. The molecule has 0 bridgehead atoms. The van der Waals surface area contributed by atoms with Crippen LogP contribution in [0.15, 0.2) is 53.6 Å². The Morgan fingerprint density at radius 1 is 1.20 bits per heavy atom.